The highest BCUT2D eigenvalue weighted by atomic mass is 16.3. The van der Waals surface area contributed by atoms with Gasteiger partial charge in [-0.2, -0.15) is 0 Å². The molecule has 0 spiro atoms. The summed E-state index contributed by atoms with van der Waals surface area (Å²) in [4.78, 5) is 4.95. The molecule has 0 aliphatic carbocycles. The Balaban J connectivity index is 1.07. The van der Waals surface area contributed by atoms with Gasteiger partial charge < -0.3 is 18.6 Å². The number of benzene rings is 11. The zero-order valence-corrected chi connectivity index (χ0v) is 33.8. The largest absolute Gasteiger partial charge is 0.468 e. The predicted octanol–water partition coefficient (Wildman–Crippen LogP) is 14.2. The van der Waals surface area contributed by atoms with Gasteiger partial charge in [0.1, 0.15) is 22.5 Å². The van der Waals surface area contributed by atoms with Gasteiger partial charge in [-0.05, 0) is 119 Å². The molecule has 0 saturated carbocycles. The van der Waals surface area contributed by atoms with Crippen molar-refractivity contribution in [2.75, 3.05) is 9.80 Å². The van der Waals surface area contributed by atoms with E-state index in [4.69, 9.17) is 8.83 Å². The molecule has 13 aromatic rings. The predicted molar refractivity (Wildman–Crippen MR) is 265 cm³/mol. The van der Waals surface area contributed by atoms with E-state index >= 15 is 0 Å². The number of furan rings is 2. The van der Waals surface area contributed by atoms with Crippen molar-refractivity contribution in [3.63, 3.8) is 0 Å². The third-order valence-electron chi connectivity index (χ3n) is 14.0. The zero-order valence-electron chi connectivity index (χ0n) is 33.8. The van der Waals surface area contributed by atoms with Gasteiger partial charge in [0.25, 0.3) is 0 Å². The number of hydrogen-bond donors (Lipinski definition) is 0. The molecule has 5 heteroatoms. The maximum Gasteiger partial charge on any atom is 0.342 e. The quantitative estimate of drug-likeness (QED) is 0.129. The summed E-state index contributed by atoms with van der Waals surface area (Å²) in [5, 5.41) is 17.0. The minimum absolute atomic E-state index is 0.300. The van der Waals surface area contributed by atoms with Gasteiger partial charge in [0.15, 0.2) is 0 Å². The molecule has 11 aromatic carbocycles. The lowest BCUT2D eigenvalue weighted by Gasteiger charge is -2.41. The Morgan fingerprint density at radius 1 is 0.302 bits per heavy atom. The molecule has 2 aliphatic heterocycles. The van der Waals surface area contributed by atoms with Crippen LogP contribution in [0.4, 0.5) is 34.1 Å². The van der Waals surface area contributed by atoms with Gasteiger partial charge in [-0.3, -0.25) is 0 Å². The van der Waals surface area contributed by atoms with Crippen LogP contribution in [0.1, 0.15) is 0 Å². The van der Waals surface area contributed by atoms with Crippen molar-refractivity contribution in [3.8, 4) is 0 Å². The SMILES string of the molecule is c1cc2c3c(c1)N(c1cccc4c5ccccc5c5ccccc5c14)c1c(oc4ccccc14)B3c1oc3ccccc3c1N2c1ccc2c3ccccc3c3ccccc3c2c1. The number of anilines is 6. The summed E-state index contributed by atoms with van der Waals surface area (Å²) in [6.45, 7) is -0.300. The molecule has 0 bridgehead atoms. The third-order valence-corrected chi connectivity index (χ3v) is 14.0. The fraction of sp³-hybridized carbons (Fsp3) is 0. The van der Waals surface area contributed by atoms with Gasteiger partial charge in [-0.25, -0.2) is 0 Å². The minimum atomic E-state index is -0.300. The Bertz CT molecular complexity index is 4060. The molecular weight excluding hydrogens is 767 g/mol. The minimum Gasteiger partial charge on any atom is -0.468 e. The van der Waals surface area contributed by atoms with Crippen molar-refractivity contribution >= 4 is 144 Å². The van der Waals surface area contributed by atoms with Gasteiger partial charge in [0.2, 0.25) is 0 Å². The van der Waals surface area contributed by atoms with E-state index in [1.807, 2.05) is 0 Å². The first kappa shape index (κ1) is 33.4. The van der Waals surface area contributed by atoms with E-state index in [9.17, 15) is 0 Å². The lowest BCUT2D eigenvalue weighted by atomic mass is 9.37. The van der Waals surface area contributed by atoms with E-state index in [1.165, 1.54) is 64.6 Å². The molecule has 0 amide bonds. The number of nitrogens with zero attached hydrogens (tertiary/aromatic N) is 2. The lowest BCUT2D eigenvalue weighted by molar-refractivity contribution is 0.637. The summed E-state index contributed by atoms with van der Waals surface area (Å²) >= 11 is 0. The Morgan fingerprint density at radius 2 is 0.683 bits per heavy atom. The highest BCUT2D eigenvalue weighted by Crippen LogP contribution is 2.51. The number of hydrogen-bond acceptors (Lipinski definition) is 4. The number of fused-ring (bicyclic) bond motifs is 20. The first-order valence-electron chi connectivity index (χ1n) is 21.7. The van der Waals surface area contributed by atoms with Crippen molar-refractivity contribution in [3.05, 3.63) is 200 Å². The number of rotatable bonds is 2. The van der Waals surface area contributed by atoms with Gasteiger partial charge in [-0.15, -0.1) is 0 Å². The summed E-state index contributed by atoms with van der Waals surface area (Å²) in [6, 6.07) is 72.9. The Morgan fingerprint density at radius 3 is 1.24 bits per heavy atom. The lowest BCUT2D eigenvalue weighted by Crippen LogP contribution is -2.60. The molecule has 4 heterocycles. The second-order valence-corrected chi connectivity index (χ2v) is 17.0. The summed E-state index contributed by atoms with van der Waals surface area (Å²) in [5.74, 6) is 0. The van der Waals surface area contributed by atoms with E-state index in [-0.39, 0.29) is 6.71 Å². The molecule has 0 atom stereocenters. The van der Waals surface area contributed by atoms with E-state index in [2.05, 4.69) is 210 Å². The molecule has 0 saturated heterocycles. The van der Waals surface area contributed by atoms with Crippen LogP contribution in [0, 0.1) is 0 Å². The van der Waals surface area contributed by atoms with Crippen LogP contribution < -0.4 is 26.6 Å². The third kappa shape index (κ3) is 4.31. The second kappa shape index (κ2) is 12.2. The van der Waals surface area contributed by atoms with Gasteiger partial charge >= 0.3 is 6.71 Å². The monoisotopic (exact) mass is 800 g/mol. The average Bonchev–Trinajstić information content (AvgIpc) is 3.93. The average molecular weight is 801 g/mol. The molecule has 0 fully saturated rings. The highest BCUT2D eigenvalue weighted by molar-refractivity contribution is 6.99. The van der Waals surface area contributed by atoms with Gasteiger partial charge in [0, 0.05) is 33.2 Å². The molecule has 2 aliphatic rings. The van der Waals surface area contributed by atoms with E-state index < -0.39 is 0 Å². The van der Waals surface area contributed by atoms with E-state index in [0.717, 1.165) is 72.8 Å². The first-order valence-corrected chi connectivity index (χ1v) is 21.7. The molecule has 2 aromatic heterocycles. The fourth-order valence-electron chi connectivity index (χ4n) is 11.5. The zero-order chi connectivity index (χ0) is 40.9. The molecule has 4 nitrogen and oxygen atoms in total. The first-order chi connectivity index (χ1) is 31.3. The van der Waals surface area contributed by atoms with Crippen LogP contribution in [0.25, 0.3) is 86.6 Å². The standard InChI is InChI=1S/C58H33BN2O2/c1-2-17-37-35(15-1)36-16-4-6-21-41(36)47-33-34(31-32-42(37)47)60-49-27-14-28-50-54(49)59(57-55(60)45-23-9-11-29-51(45)62-57)58-56(46-24-10-12-30-52(46)63-58)61(50)48-26-13-25-44-40-19-5-3-18-38(40)39-20-7-8-22-43(39)53(44)48/h1-33H. The van der Waals surface area contributed by atoms with Crippen molar-refractivity contribution in [2.45, 2.75) is 0 Å². The molecular formula is C58H33BN2O2. The Labute approximate surface area is 361 Å². The number of para-hydroxylation sites is 2. The van der Waals surface area contributed by atoms with Crippen molar-refractivity contribution in [2.24, 2.45) is 0 Å². The molecule has 15 rings (SSSR count). The van der Waals surface area contributed by atoms with E-state index in [1.54, 1.807) is 0 Å². The Hall–Kier alpha value is -8.28. The Kier molecular flexibility index (Phi) is 6.47. The van der Waals surface area contributed by atoms with Crippen LogP contribution in [0.3, 0.4) is 0 Å². The summed E-state index contributed by atoms with van der Waals surface area (Å²) < 4.78 is 14.3. The van der Waals surface area contributed by atoms with Crippen LogP contribution in [-0.2, 0) is 0 Å². The van der Waals surface area contributed by atoms with E-state index in [0.29, 0.717) is 0 Å². The second-order valence-electron chi connectivity index (χ2n) is 17.0. The van der Waals surface area contributed by atoms with Crippen molar-refractivity contribution < 1.29 is 8.83 Å². The van der Waals surface area contributed by atoms with Crippen LogP contribution in [0.15, 0.2) is 209 Å². The normalized spacial score (nSPS) is 13.3. The molecule has 290 valence electrons. The maximum absolute atomic E-state index is 7.18. The molecule has 63 heavy (non-hydrogen) atoms. The summed E-state index contributed by atoms with van der Waals surface area (Å²) in [5.41, 5.74) is 11.1. The van der Waals surface area contributed by atoms with Crippen LogP contribution >= 0.6 is 0 Å². The van der Waals surface area contributed by atoms with Gasteiger partial charge in [0.05, 0.1) is 17.1 Å². The fourth-order valence-corrected chi connectivity index (χ4v) is 11.5. The van der Waals surface area contributed by atoms with Crippen LogP contribution in [0.2, 0.25) is 0 Å². The van der Waals surface area contributed by atoms with Crippen molar-refractivity contribution in [1.82, 2.24) is 0 Å². The summed E-state index contributed by atoms with van der Waals surface area (Å²) in [6.07, 6.45) is 0. The van der Waals surface area contributed by atoms with Crippen molar-refractivity contribution in [1.29, 1.82) is 0 Å². The molecule has 0 unspecified atom stereocenters. The molecule has 0 N–H and O–H groups in total. The maximum atomic E-state index is 7.18. The van der Waals surface area contributed by atoms with Crippen LogP contribution in [0.5, 0.6) is 0 Å². The topological polar surface area (TPSA) is 32.8 Å². The van der Waals surface area contributed by atoms with Gasteiger partial charge in [-0.1, -0.05) is 146 Å². The summed E-state index contributed by atoms with van der Waals surface area (Å²) in [7, 11) is 0. The molecule has 0 radical (unpaired) electrons. The van der Waals surface area contributed by atoms with Crippen LogP contribution in [-0.4, -0.2) is 6.71 Å². The highest BCUT2D eigenvalue weighted by Gasteiger charge is 2.49. The smallest absolute Gasteiger partial charge is 0.342 e.